The quantitative estimate of drug-likeness (QED) is 0.567. The number of nitrogens with two attached hydrogens (primary N) is 1. The van der Waals surface area contributed by atoms with E-state index in [1.165, 1.54) is 19.3 Å². The molecule has 0 radical (unpaired) electrons. The van der Waals surface area contributed by atoms with Gasteiger partial charge in [-0.3, -0.25) is 0 Å². The lowest BCUT2D eigenvalue weighted by Gasteiger charge is -2.33. The first-order chi connectivity index (χ1) is 4.97. The van der Waals surface area contributed by atoms with Gasteiger partial charge in [0.15, 0.2) is 0 Å². The van der Waals surface area contributed by atoms with Crippen molar-refractivity contribution in [3.8, 4) is 0 Å². The minimum Gasteiger partial charge on any atom is -0.327 e. The van der Waals surface area contributed by atoms with E-state index in [2.05, 4.69) is 20.8 Å². The van der Waals surface area contributed by atoms with Crippen molar-refractivity contribution in [2.75, 3.05) is 0 Å². The van der Waals surface area contributed by atoms with Crippen molar-refractivity contribution >= 4 is 0 Å². The maximum atomic E-state index is 6.08. The molecule has 1 heteroatoms. The van der Waals surface area contributed by atoms with Crippen LogP contribution in [0.2, 0.25) is 0 Å². The monoisotopic (exact) mass is 153 g/mol. The Morgan fingerprint density at radius 2 is 1.91 bits per heavy atom. The van der Waals surface area contributed by atoms with Gasteiger partial charge in [0.25, 0.3) is 0 Å². The van der Waals surface area contributed by atoms with Gasteiger partial charge in [-0.25, -0.2) is 0 Å². The van der Waals surface area contributed by atoms with Crippen LogP contribution in [0.5, 0.6) is 0 Å². The van der Waals surface area contributed by atoms with Gasteiger partial charge in [0.05, 0.1) is 0 Å². The van der Waals surface area contributed by atoms with E-state index >= 15 is 0 Å². The van der Waals surface area contributed by atoms with Crippen LogP contribution >= 0.6 is 0 Å². The van der Waals surface area contributed by atoms with Crippen molar-refractivity contribution in [2.24, 2.45) is 22.5 Å². The minimum absolute atomic E-state index is 0.490. The van der Waals surface area contributed by atoms with E-state index in [4.69, 9.17) is 5.73 Å². The third kappa shape index (κ3) is 0.703. The van der Waals surface area contributed by atoms with E-state index in [-0.39, 0.29) is 0 Å². The summed E-state index contributed by atoms with van der Waals surface area (Å²) in [5.74, 6) is 0.799. The summed E-state index contributed by atoms with van der Waals surface area (Å²) in [6.07, 6.45) is 4.02. The fourth-order valence-corrected chi connectivity index (χ4v) is 3.38. The molecule has 0 aliphatic heterocycles. The van der Waals surface area contributed by atoms with Crippen molar-refractivity contribution in [1.82, 2.24) is 0 Å². The standard InChI is InChI=1S/C10H19N/c1-9(2)7-4-5-10(9,3)6-8(7)11/h7-8H,4-6,11H2,1-3H3/t7-,8-,10+/m0/s1. The second kappa shape index (κ2) is 1.82. The Hall–Kier alpha value is -0.0400. The molecular formula is C10H19N. The molecule has 0 aromatic carbocycles. The van der Waals surface area contributed by atoms with E-state index in [1.54, 1.807) is 0 Å². The van der Waals surface area contributed by atoms with Crippen LogP contribution in [0.4, 0.5) is 0 Å². The Labute approximate surface area is 69.4 Å². The molecule has 2 aliphatic rings. The molecule has 0 unspecified atom stereocenters. The summed E-state index contributed by atoms with van der Waals surface area (Å²) in [6.45, 7) is 7.22. The molecule has 64 valence electrons. The fraction of sp³-hybridized carbons (Fsp3) is 1.00. The molecule has 0 heterocycles. The van der Waals surface area contributed by atoms with E-state index in [0.29, 0.717) is 16.9 Å². The fourth-order valence-electron chi connectivity index (χ4n) is 3.38. The largest absolute Gasteiger partial charge is 0.327 e. The van der Waals surface area contributed by atoms with Gasteiger partial charge in [-0.2, -0.15) is 0 Å². The first-order valence-corrected chi connectivity index (χ1v) is 4.73. The van der Waals surface area contributed by atoms with Gasteiger partial charge < -0.3 is 5.73 Å². The molecule has 2 fully saturated rings. The average molecular weight is 153 g/mol. The molecule has 0 amide bonds. The summed E-state index contributed by atoms with van der Waals surface area (Å²) in [6, 6.07) is 0.490. The van der Waals surface area contributed by atoms with Crippen LogP contribution in [-0.2, 0) is 0 Å². The number of hydrogen-bond acceptors (Lipinski definition) is 1. The van der Waals surface area contributed by atoms with Gasteiger partial charge in [0.1, 0.15) is 0 Å². The highest BCUT2D eigenvalue weighted by Crippen LogP contribution is 2.64. The Kier molecular flexibility index (Phi) is 1.26. The number of rotatable bonds is 0. The van der Waals surface area contributed by atoms with Gasteiger partial charge in [-0.05, 0) is 36.0 Å². The summed E-state index contributed by atoms with van der Waals surface area (Å²) < 4.78 is 0. The van der Waals surface area contributed by atoms with Crippen LogP contribution in [0.15, 0.2) is 0 Å². The molecule has 2 bridgehead atoms. The van der Waals surface area contributed by atoms with Gasteiger partial charge in [0.2, 0.25) is 0 Å². The van der Waals surface area contributed by atoms with E-state index in [9.17, 15) is 0 Å². The maximum Gasteiger partial charge on any atom is 0.00778 e. The SMILES string of the molecule is CC1(C)[C@H]2CC[C@]1(C)C[C@@H]2N. The molecule has 2 N–H and O–H groups in total. The summed E-state index contributed by atoms with van der Waals surface area (Å²) in [5, 5.41) is 0. The highest BCUT2D eigenvalue weighted by molar-refractivity contribution is 5.10. The van der Waals surface area contributed by atoms with Crippen molar-refractivity contribution in [3.05, 3.63) is 0 Å². The minimum atomic E-state index is 0.490. The molecular weight excluding hydrogens is 134 g/mol. The predicted octanol–water partition coefficient (Wildman–Crippen LogP) is 2.16. The van der Waals surface area contributed by atoms with Crippen molar-refractivity contribution < 1.29 is 0 Å². The van der Waals surface area contributed by atoms with Gasteiger partial charge in [-0.1, -0.05) is 20.8 Å². The van der Waals surface area contributed by atoms with Gasteiger partial charge in [-0.15, -0.1) is 0 Å². The second-order valence-corrected chi connectivity index (χ2v) is 5.30. The number of hydrogen-bond donors (Lipinski definition) is 1. The summed E-state index contributed by atoms with van der Waals surface area (Å²) in [7, 11) is 0. The molecule has 2 aliphatic carbocycles. The smallest absolute Gasteiger partial charge is 0.00778 e. The zero-order valence-corrected chi connectivity index (χ0v) is 7.85. The Balaban J connectivity index is 2.37. The van der Waals surface area contributed by atoms with Gasteiger partial charge >= 0.3 is 0 Å². The molecule has 2 saturated carbocycles. The van der Waals surface area contributed by atoms with Crippen molar-refractivity contribution in [2.45, 2.75) is 46.1 Å². The molecule has 1 nitrogen and oxygen atoms in total. The molecule has 0 aromatic rings. The zero-order valence-electron chi connectivity index (χ0n) is 7.85. The highest BCUT2D eigenvalue weighted by atomic mass is 14.8. The van der Waals surface area contributed by atoms with Crippen LogP contribution in [0, 0.1) is 16.7 Å². The summed E-state index contributed by atoms with van der Waals surface area (Å²) in [4.78, 5) is 0. The first kappa shape index (κ1) is 7.60. The summed E-state index contributed by atoms with van der Waals surface area (Å²) >= 11 is 0. The molecule has 0 aromatic heterocycles. The normalized spacial score (nSPS) is 53.5. The average Bonchev–Trinajstić information content (AvgIpc) is 2.13. The van der Waals surface area contributed by atoms with Crippen LogP contribution in [0.25, 0.3) is 0 Å². The van der Waals surface area contributed by atoms with Crippen LogP contribution in [0.1, 0.15) is 40.0 Å². The van der Waals surface area contributed by atoms with E-state index in [0.717, 1.165) is 5.92 Å². The topological polar surface area (TPSA) is 26.0 Å². The lowest BCUT2D eigenvalue weighted by atomic mass is 9.71. The summed E-state index contributed by atoms with van der Waals surface area (Å²) in [5.41, 5.74) is 7.14. The molecule has 3 atom stereocenters. The molecule has 0 saturated heterocycles. The Morgan fingerprint density at radius 3 is 2.09 bits per heavy atom. The lowest BCUT2D eigenvalue weighted by molar-refractivity contribution is 0.152. The van der Waals surface area contributed by atoms with Gasteiger partial charge in [0, 0.05) is 6.04 Å². The van der Waals surface area contributed by atoms with Crippen LogP contribution in [0.3, 0.4) is 0 Å². The van der Waals surface area contributed by atoms with E-state index < -0.39 is 0 Å². The molecule has 2 rings (SSSR count). The van der Waals surface area contributed by atoms with Crippen molar-refractivity contribution in [3.63, 3.8) is 0 Å². The highest BCUT2D eigenvalue weighted by Gasteiger charge is 2.59. The lowest BCUT2D eigenvalue weighted by Crippen LogP contribution is -2.29. The van der Waals surface area contributed by atoms with Crippen LogP contribution in [-0.4, -0.2) is 6.04 Å². The third-order valence-corrected chi connectivity index (χ3v) is 4.69. The third-order valence-electron chi connectivity index (χ3n) is 4.69. The van der Waals surface area contributed by atoms with Crippen LogP contribution < -0.4 is 5.73 Å². The predicted molar refractivity (Wildman–Crippen MR) is 47.2 cm³/mol. The molecule has 0 spiro atoms. The Morgan fingerprint density at radius 1 is 1.27 bits per heavy atom. The maximum absolute atomic E-state index is 6.08. The molecule has 11 heavy (non-hydrogen) atoms. The Bertz CT molecular complexity index is 183. The second-order valence-electron chi connectivity index (χ2n) is 5.30. The zero-order chi connectivity index (χ0) is 8.28. The number of fused-ring (bicyclic) bond motifs is 2. The van der Waals surface area contributed by atoms with E-state index in [1.807, 2.05) is 0 Å². The van der Waals surface area contributed by atoms with Crippen molar-refractivity contribution in [1.29, 1.82) is 0 Å². The first-order valence-electron chi connectivity index (χ1n) is 4.73.